The molecule has 1 aliphatic carbocycles. The van der Waals surface area contributed by atoms with Crippen LogP contribution in [0.3, 0.4) is 0 Å². The van der Waals surface area contributed by atoms with E-state index in [2.05, 4.69) is 17.5 Å². The monoisotopic (exact) mass is 203 g/mol. The van der Waals surface area contributed by atoms with Gasteiger partial charge in [0.2, 0.25) is 0 Å². The molecule has 1 aliphatic rings. The van der Waals surface area contributed by atoms with Gasteiger partial charge < -0.3 is 10.4 Å². The smallest absolute Gasteiger partial charge is 0.251 e. The largest absolute Gasteiger partial charge is 0.508 e. The van der Waals surface area contributed by atoms with Crippen molar-refractivity contribution in [2.45, 2.75) is 18.9 Å². The summed E-state index contributed by atoms with van der Waals surface area (Å²) in [5.41, 5.74) is 0.502. The normalized spacial score (nSPS) is 15.5. The highest BCUT2D eigenvalue weighted by atomic mass is 16.3. The van der Waals surface area contributed by atoms with E-state index in [0.717, 1.165) is 12.8 Å². The van der Waals surface area contributed by atoms with Crippen LogP contribution in [0.5, 0.6) is 5.75 Å². The second-order valence-corrected chi connectivity index (χ2v) is 3.66. The number of carbonyl (C=O) groups excluding carboxylic acids is 1. The third-order valence-corrected chi connectivity index (χ3v) is 2.45. The second-order valence-electron chi connectivity index (χ2n) is 3.66. The maximum Gasteiger partial charge on any atom is 0.251 e. The van der Waals surface area contributed by atoms with E-state index in [4.69, 9.17) is 0 Å². The van der Waals surface area contributed by atoms with E-state index >= 15 is 0 Å². The zero-order valence-electron chi connectivity index (χ0n) is 8.31. The number of hydrogen-bond acceptors (Lipinski definition) is 2. The van der Waals surface area contributed by atoms with Gasteiger partial charge in [-0.25, -0.2) is 0 Å². The summed E-state index contributed by atoms with van der Waals surface area (Å²) >= 11 is 0. The van der Waals surface area contributed by atoms with Crippen molar-refractivity contribution in [1.82, 2.24) is 5.32 Å². The number of phenols is 1. The van der Waals surface area contributed by atoms with Crippen molar-refractivity contribution in [3.05, 3.63) is 42.0 Å². The van der Waals surface area contributed by atoms with Crippen molar-refractivity contribution >= 4 is 5.91 Å². The van der Waals surface area contributed by atoms with Crippen LogP contribution in [0.15, 0.2) is 36.4 Å². The number of phenolic OH excluding ortho intramolecular Hbond substituents is 1. The fourth-order valence-corrected chi connectivity index (χ4v) is 1.65. The van der Waals surface area contributed by atoms with Gasteiger partial charge in [-0.05, 0) is 31.0 Å². The quantitative estimate of drug-likeness (QED) is 0.720. The lowest BCUT2D eigenvalue weighted by Crippen LogP contribution is -2.32. The molecule has 3 nitrogen and oxygen atoms in total. The summed E-state index contributed by atoms with van der Waals surface area (Å²) < 4.78 is 0. The van der Waals surface area contributed by atoms with Gasteiger partial charge >= 0.3 is 0 Å². The topological polar surface area (TPSA) is 49.3 Å². The summed E-state index contributed by atoms with van der Waals surface area (Å²) in [5, 5.41) is 12.1. The summed E-state index contributed by atoms with van der Waals surface area (Å²) in [6.45, 7) is 0. The van der Waals surface area contributed by atoms with Gasteiger partial charge in [0.25, 0.3) is 5.91 Å². The van der Waals surface area contributed by atoms with Gasteiger partial charge in [-0.2, -0.15) is 0 Å². The molecule has 0 unspecified atom stereocenters. The van der Waals surface area contributed by atoms with Crippen LogP contribution < -0.4 is 5.32 Å². The predicted octanol–water partition coefficient (Wildman–Crippen LogP) is 1.84. The number of hydrogen-bond donors (Lipinski definition) is 2. The maximum atomic E-state index is 11.7. The van der Waals surface area contributed by atoms with E-state index in [1.165, 1.54) is 6.07 Å². The lowest BCUT2D eigenvalue weighted by molar-refractivity contribution is 0.0938. The summed E-state index contributed by atoms with van der Waals surface area (Å²) in [6.07, 6.45) is 5.91. The first-order valence-electron chi connectivity index (χ1n) is 5.00. The van der Waals surface area contributed by atoms with E-state index in [-0.39, 0.29) is 17.7 Å². The maximum absolute atomic E-state index is 11.7. The van der Waals surface area contributed by atoms with E-state index in [1.54, 1.807) is 18.2 Å². The number of amides is 1. The van der Waals surface area contributed by atoms with Gasteiger partial charge in [-0.15, -0.1) is 0 Å². The molecule has 0 saturated heterocycles. The molecule has 0 fully saturated rings. The molecular weight excluding hydrogens is 190 g/mol. The van der Waals surface area contributed by atoms with Crippen molar-refractivity contribution in [1.29, 1.82) is 0 Å². The number of benzene rings is 1. The molecule has 0 heterocycles. The SMILES string of the molecule is O=C(NC1CC=CC1)c1cccc(O)c1. The molecule has 0 aromatic heterocycles. The van der Waals surface area contributed by atoms with E-state index in [0.29, 0.717) is 5.56 Å². The van der Waals surface area contributed by atoms with Gasteiger partial charge in [-0.3, -0.25) is 4.79 Å². The number of carbonyl (C=O) groups is 1. The predicted molar refractivity (Wildman–Crippen MR) is 57.7 cm³/mol. The molecule has 2 rings (SSSR count). The average Bonchev–Trinajstić information content (AvgIpc) is 2.70. The molecule has 0 aliphatic heterocycles. The fourth-order valence-electron chi connectivity index (χ4n) is 1.65. The van der Waals surface area contributed by atoms with Crippen molar-refractivity contribution in [3.63, 3.8) is 0 Å². The third kappa shape index (κ3) is 2.37. The Morgan fingerprint density at radius 1 is 1.33 bits per heavy atom. The van der Waals surface area contributed by atoms with Crippen LogP contribution >= 0.6 is 0 Å². The zero-order chi connectivity index (χ0) is 10.7. The Labute approximate surface area is 88.4 Å². The van der Waals surface area contributed by atoms with E-state index < -0.39 is 0 Å². The van der Waals surface area contributed by atoms with Crippen LogP contribution in [0, 0.1) is 0 Å². The average molecular weight is 203 g/mol. The standard InChI is InChI=1S/C12H13NO2/c14-11-7-3-4-9(8-11)12(15)13-10-5-1-2-6-10/h1-4,7-8,10,14H,5-6H2,(H,13,15). The van der Waals surface area contributed by atoms with Crippen molar-refractivity contribution in [3.8, 4) is 5.75 Å². The van der Waals surface area contributed by atoms with Gasteiger partial charge in [0.1, 0.15) is 5.75 Å². The van der Waals surface area contributed by atoms with E-state index in [9.17, 15) is 9.90 Å². The molecule has 0 saturated carbocycles. The number of aromatic hydroxyl groups is 1. The molecule has 1 aromatic rings. The van der Waals surface area contributed by atoms with Gasteiger partial charge in [0.05, 0.1) is 0 Å². The Balaban J connectivity index is 2.01. The molecule has 15 heavy (non-hydrogen) atoms. The van der Waals surface area contributed by atoms with Crippen molar-refractivity contribution in [2.75, 3.05) is 0 Å². The third-order valence-electron chi connectivity index (χ3n) is 2.45. The van der Waals surface area contributed by atoms with Gasteiger partial charge in [0.15, 0.2) is 0 Å². The molecule has 78 valence electrons. The second kappa shape index (κ2) is 4.17. The molecule has 0 bridgehead atoms. The van der Waals surface area contributed by atoms with Crippen LogP contribution in [-0.2, 0) is 0 Å². The summed E-state index contributed by atoms with van der Waals surface area (Å²) in [5.74, 6) is -0.00760. The van der Waals surface area contributed by atoms with E-state index in [1.807, 2.05) is 0 Å². The fraction of sp³-hybridized carbons (Fsp3) is 0.250. The van der Waals surface area contributed by atoms with Gasteiger partial charge in [-0.1, -0.05) is 18.2 Å². The highest BCUT2D eigenvalue weighted by Crippen LogP contribution is 2.13. The molecule has 0 radical (unpaired) electrons. The Bertz CT molecular complexity index is 390. The van der Waals surface area contributed by atoms with Crippen LogP contribution in [0.25, 0.3) is 0 Å². The summed E-state index contributed by atoms with van der Waals surface area (Å²) in [4.78, 5) is 11.7. The van der Waals surface area contributed by atoms with Crippen LogP contribution in [0.4, 0.5) is 0 Å². The highest BCUT2D eigenvalue weighted by Gasteiger charge is 2.14. The summed E-state index contributed by atoms with van der Waals surface area (Å²) in [6, 6.07) is 6.58. The Kier molecular flexibility index (Phi) is 2.72. The number of rotatable bonds is 2. The molecule has 0 atom stereocenters. The van der Waals surface area contributed by atoms with Crippen LogP contribution in [-0.4, -0.2) is 17.1 Å². The zero-order valence-corrected chi connectivity index (χ0v) is 8.31. The highest BCUT2D eigenvalue weighted by molar-refractivity contribution is 5.94. The molecular formula is C12H13NO2. The first kappa shape index (κ1) is 9.77. The molecule has 1 aromatic carbocycles. The Morgan fingerprint density at radius 2 is 2.07 bits per heavy atom. The van der Waals surface area contributed by atoms with Crippen molar-refractivity contribution < 1.29 is 9.90 Å². The van der Waals surface area contributed by atoms with Crippen LogP contribution in [0.2, 0.25) is 0 Å². The Morgan fingerprint density at radius 3 is 2.73 bits per heavy atom. The first-order valence-corrected chi connectivity index (χ1v) is 5.00. The first-order chi connectivity index (χ1) is 7.25. The Hall–Kier alpha value is -1.77. The van der Waals surface area contributed by atoms with Crippen LogP contribution in [0.1, 0.15) is 23.2 Å². The molecule has 0 spiro atoms. The minimum absolute atomic E-state index is 0.118. The molecule has 2 N–H and O–H groups in total. The lowest BCUT2D eigenvalue weighted by atomic mass is 10.1. The summed E-state index contributed by atoms with van der Waals surface area (Å²) in [7, 11) is 0. The van der Waals surface area contributed by atoms with Crippen molar-refractivity contribution in [2.24, 2.45) is 0 Å². The molecule has 3 heteroatoms. The van der Waals surface area contributed by atoms with Gasteiger partial charge in [0, 0.05) is 11.6 Å². The minimum Gasteiger partial charge on any atom is -0.508 e. The molecule has 1 amide bonds. The number of nitrogens with one attached hydrogen (secondary N) is 1. The minimum atomic E-state index is -0.125. The lowest BCUT2D eigenvalue weighted by Gasteiger charge is -2.11.